The van der Waals surface area contributed by atoms with Gasteiger partial charge in [0.2, 0.25) is 5.88 Å². The van der Waals surface area contributed by atoms with Crippen LogP contribution in [0.2, 0.25) is 0 Å². The summed E-state index contributed by atoms with van der Waals surface area (Å²) in [6.07, 6.45) is 17.7. The Morgan fingerprint density at radius 1 is 1.30 bits per heavy atom. The van der Waals surface area contributed by atoms with Crippen LogP contribution in [0.3, 0.4) is 0 Å². The van der Waals surface area contributed by atoms with E-state index in [9.17, 15) is 5.11 Å². The van der Waals surface area contributed by atoms with E-state index in [1.807, 2.05) is 18.2 Å². The Bertz CT molecular complexity index is 1190. The number of rotatable bonds is 10. The Kier molecular flexibility index (Phi) is 8.50. The first-order chi connectivity index (χ1) is 18.2. The van der Waals surface area contributed by atoms with Crippen LogP contribution in [0.1, 0.15) is 43.8 Å². The summed E-state index contributed by atoms with van der Waals surface area (Å²) in [6.45, 7) is 3.34. The molecule has 196 valence electrons. The molecule has 1 aliphatic carbocycles. The fraction of sp³-hybridized carbons (Fsp3) is 0.448. The van der Waals surface area contributed by atoms with E-state index in [2.05, 4.69) is 38.4 Å². The van der Waals surface area contributed by atoms with Gasteiger partial charge < -0.3 is 29.5 Å². The number of likely N-dealkylation sites (tertiary alicyclic amines) is 1. The number of nitrogens with one attached hydrogen (secondary N) is 1. The second-order valence-electron chi connectivity index (χ2n) is 9.91. The predicted octanol–water partition coefficient (Wildman–Crippen LogP) is 4.37. The zero-order chi connectivity index (χ0) is 25.5. The number of β-amino-alcohol motifs (C(OH)–C–C–N with tert-alkyl or cyclic N) is 1. The quantitative estimate of drug-likeness (QED) is 0.493. The van der Waals surface area contributed by atoms with Gasteiger partial charge >= 0.3 is 0 Å². The molecule has 1 aromatic carbocycles. The van der Waals surface area contributed by atoms with Crippen molar-refractivity contribution in [3.63, 3.8) is 0 Å². The standard InChI is InChI=1S/C29H36N4O4/c1-35-28-17-31-24-11-5-10-23(29(24)32-28)26(34)19-33-12-6-9-22(18-33)16-30-25(27-20-36-13-14-37-27)15-21-7-3-2-4-8-21/h2-3,5,7,10-11,13-14,17,20,22,25-26,30,34H,4,6,8-9,12,15-16,18-19H2,1H3. The van der Waals surface area contributed by atoms with Crippen LogP contribution in [0.25, 0.3) is 11.0 Å². The van der Waals surface area contributed by atoms with Crippen molar-refractivity contribution in [2.75, 3.05) is 33.3 Å². The maximum Gasteiger partial charge on any atom is 0.232 e. The number of aliphatic hydroxyl groups is 1. The number of fused-ring (bicyclic) bond motifs is 1. The first-order valence-corrected chi connectivity index (χ1v) is 13.1. The second kappa shape index (κ2) is 12.4. The van der Waals surface area contributed by atoms with E-state index < -0.39 is 6.10 Å². The highest BCUT2D eigenvalue weighted by Gasteiger charge is 2.26. The van der Waals surface area contributed by atoms with Crippen LogP contribution in [0.5, 0.6) is 5.88 Å². The van der Waals surface area contributed by atoms with E-state index >= 15 is 0 Å². The lowest BCUT2D eigenvalue weighted by atomic mass is 9.94. The fourth-order valence-electron chi connectivity index (χ4n) is 5.34. The van der Waals surface area contributed by atoms with E-state index in [0.29, 0.717) is 23.9 Å². The van der Waals surface area contributed by atoms with Crippen molar-refractivity contribution in [2.24, 2.45) is 5.92 Å². The number of aliphatic hydroxyl groups excluding tert-OH is 1. The molecule has 0 bridgehead atoms. The molecule has 1 saturated heterocycles. The summed E-state index contributed by atoms with van der Waals surface area (Å²) in [6, 6.07) is 5.82. The van der Waals surface area contributed by atoms with Crippen molar-refractivity contribution < 1.29 is 19.3 Å². The van der Waals surface area contributed by atoms with Gasteiger partial charge in [-0.15, -0.1) is 0 Å². The van der Waals surface area contributed by atoms with Crippen molar-refractivity contribution >= 4 is 11.0 Å². The van der Waals surface area contributed by atoms with E-state index in [-0.39, 0.29) is 6.04 Å². The highest BCUT2D eigenvalue weighted by molar-refractivity contribution is 5.78. The summed E-state index contributed by atoms with van der Waals surface area (Å²) in [5, 5.41) is 14.9. The number of nitrogens with zero attached hydrogens (tertiary/aromatic N) is 3. The Hall–Kier alpha value is -3.20. The van der Waals surface area contributed by atoms with Crippen LogP contribution in [-0.4, -0.2) is 59.3 Å². The number of hydrogen-bond donors (Lipinski definition) is 2. The predicted molar refractivity (Wildman–Crippen MR) is 142 cm³/mol. The van der Waals surface area contributed by atoms with Crippen molar-refractivity contribution in [3.8, 4) is 5.88 Å². The number of allylic oxidation sites excluding steroid dienone is 3. The molecule has 8 heteroatoms. The normalized spacial score (nSPS) is 21.5. The van der Waals surface area contributed by atoms with Gasteiger partial charge in [-0.3, -0.25) is 0 Å². The van der Waals surface area contributed by atoms with Gasteiger partial charge in [0, 0.05) is 18.7 Å². The molecule has 0 amide bonds. The minimum atomic E-state index is -0.652. The molecule has 3 atom stereocenters. The molecule has 8 nitrogen and oxygen atoms in total. The molecular weight excluding hydrogens is 468 g/mol. The number of aromatic nitrogens is 2. The lowest BCUT2D eigenvalue weighted by molar-refractivity contribution is 0.0839. The molecule has 2 N–H and O–H groups in total. The van der Waals surface area contributed by atoms with Gasteiger partial charge in [-0.05, 0) is 57.2 Å². The molecule has 2 aromatic rings. The van der Waals surface area contributed by atoms with Crippen LogP contribution < -0.4 is 10.1 Å². The zero-order valence-corrected chi connectivity index (χ0v) is 21.4. The summed E-state index contributed by atoms with van der Waals surface area (Å²) >= 11 is 0. The van der Waals surface area contributed by atoms with Gasteiger partial charge in [-0.2, -0.15) is 0 Å². The van der Waals surface area contributed by atoms with Gasteiger partial charge in [0.1, 0.15) is 18.8 Å². The topological polar surface area (TPSA) is 89.0 Å². The Morgan fingerprint density at radius 2 is 2.24 bits per heavy atom. The maximum atomic E-state index is 11.2. The van der Waals surface area contributed by atoms with E-state index in [0.717, 1.165) is 68.6 Å². The molecule has 37 heavy (non-hydrogen) atoms. The monoisotopic (exact) mass is 504 g/mol. The van der Waals surface area contributed by atoms with Gasteiger partial charge in [0.25, 0.3) is 0 Å². The highest BCUT2D eigenvalue weighted by Crippen LogP contribution is 2.27. The zero-order valence-electron chi connectivity index (χ0n) is 21.4. The largest absolute Gasteiger partial charge is 0.480 e. The second-order valence-corrected chi connectivity index (χ2v) is 9.91. The number of benzene rings is 1. The lowest BCUT2D eigenvalue weighted by Gasteiger charge is -2.35. The Labute approximate surface area is 218 Å². The molecule has 3 unspecified atom stereocenters. The van der Waals surface area contributed by atoms with Crippen molar-refractivity contribution in [1.29, 1.82) is 0 Å². The minimum absolute atomic E-state index is 0.0629. The van der Waals surface area contributed by atoms with Crippen molar-refractivity contribution in [3.05, 3.63) is 78.3 Å². The molecule has 5 rings (SSSR count). The molecule has 3 aliphatic rings. The SMILES string of the molecule is COc1cnc2cccc(C(O)CN3CCCC(CNC(CC4=CC=CCC4)C4=COC=CO4)C3)c2n1. The van der Waals surface area contributed by atoms with Crippen LogP contribution >= 0.6 is 0 Å². The molecule has 1 aromatic heterocycles. The number of methoxy groups -OCH3 is 1. The summed E-state index contributed by atoms with van der Waals surface area (Å²) in [4.78, 5) is 11.3. The molecule has 1 fully saturated rings. The lowest BCUT2D eigenvalue weighted by Crippen LogP contribution is -2.44. The summed E-state index contributed by atoms with van der Waals surface area (Å²) in [5.74, 6) is 1.74. The first kappa shape index (κ1) is 25.4. The highest BCUT2D eigenvalue weighted by atomic mass is 16.5. The third-order valence-corrected chi connectivity index (χ3v) is 7.27. The molecule has 3 heterocycles. The van der Waals surface area contributed by atoms with E-state index in [1.165, 1.54) is 5.57 Å². The molecule has 2 aliphatic heterocycles. The molecule has 0 radical (unpaired) electrons. The van der Waals surface area contributed by atoms with Crippen molar-refractivity contribution in [1.82, 2.24) is 20.2 Å². The maximum absolute atomic E-state index is 11.2. The Balaban J connectivity index is 1.20. The van der Waals surface area contributed by atoms with E-state index in [4.69, 9.17) is 14.2 Å². The summed E-state index contributed by atoms with van der Waals surface area (Å²) < 4.78 is 16.4. The Morgan fingerprint density at radius 3 is 3.05 bits per heavy atom. The number of ether oxygens (including phenoxy) is 3. The first-order valence-electron chi connectivity index (χ1n) is 13.1. The minimum Gasteiger partial charge on any atom is -0.480 e. The van der Waals surface area contributed by atoms with Gasteiger partial charge in [0.15, 0.2) is 5.76 Å². The average molecular weight is 505 g/mol. The summed E-state index contributed by atoms with van der Waals surface area (Å²) in [7, 11) is 1.57. The van der Waals surface area contributed by atoms with E-state index in [1.54, 1.807) is 32.1 Å². The van der Waals surface area contributed by atoms with Crippen LogP contribution in [-0.2, 0) is 9.47 Å². The molecule has 0 spiro atoms. The summed E-state index contributed by atoms with van der Waals surface area (Å²) in [5.41, 5.74) is 3.65. The van der Waals surface area contributed by atoms with Gasteiger partial charge in [-0.1, -0.05) is 35.9 Å². The van der Waals surface area contributed by atoms with Gasteiger partial charge in [0.05, 0.1) is 36.5 Å². The van der Waals surface area contributed by atoms with Crippen molar-refractivity contribution in [2.45, 2.75) is 44.2 Å². The third-order valence-electron chi connectivity index (χ3n) is 7.27. The van der Waals surface area contributed by atoms with Crippen LogP contribution in [0.4, 0.5) is 0 Å². The van der Waals surface area contributed by atoms with Crippen LogP contribution in [0.15, 0.2) is 72.7 Å². The van der Waals surface area contributed by atoms with Gasteiger partial charge in [-0.25, -0.2) is 9.97 Å². The number of para-hydroxylation sites is 1. The molecule has 0 saturated carbocycles. The average Bonchev–Trinajstić information content (AvgIpc) is 2.95. The van der Waals surface area contributed by atoms with Crippen LogP contribution in [0, 0.1) is 5.92 Å². The number of piperidine rings is 1. The molecular formula is C29H36N4O4. The smallest absolute Gasteiger partial charge is 0.232 e. The number of hydrogen-bond acceptors (Lipinski definition) is 8. The third kappa shape index (κ3) is 6.57. The fourth-order valence-corrected chi connectivity index (χ4v) is 5.34.